The van der Waals surface area contributed by atoms with E-state index in [0.29, 0.717) is 22.6 Å². The number of carboxylic acid groups (broad SMARTS) is 1. The minimum Gasteiger partial charge on any atom is -0.478 e. The fourth-order valence-corrected chi connectivity index (χ4v) is 1.66. The van der Waals surface area contributed by atoms with Crippen LogP contribution in [0.25, 0.3) is 0 Å². The van der Waals surface area contributed by atoms with Crippen molar-refractivity contribution >= 4 is 23.0 Å². The van der Waals surface area contributed by atoms with Crippen molar-refractivity contribution in [1.82, 2.24) is 0 Å². The second-order valence-electron chi connectivity index (χ2n) is 3.89. The van der Waals surface area contributed by atoms with Gasteiger partial charge in [0.1, 0.15) is 0 Å². The van der Waals surface area contributed by atoms with Crippen LogP contribution >= 0.6 is 0 Å². The molecule has 5 heteroatoms. The van der Waals surface area contributed by atoms with Gasteiger partial charge in [0.25, 0.3) is 0 Å². The number of nitrogens with two attached hydrogens (primary N) is 1. The largest absolute Gasteiger partial charge is 0.478 e. The number of aromatic carboxylic acids is 1. The van der Waals surface area contributed by atoms with Gasteiger partial charge in [-0.3, -0.25) is 0 Å². The first-order chi connectivity index (χ1) is 9.11. The summed E-state index contributed by atoms with van der Waals surface area (Å²) in [5, 5.41) is 20.8. The summed E-state index contributed by atoms with van der Waals surface area (Å²) in [5.41, 5.74) is 7.78. The molecule has 94 valence electrons. The van der Waals surface area contributed by atoms with E-state index >= 15 is 0 Å². The number of benzene rings is 2. The third kappa shape index (κ3) is 2.64. The summed E-state index contributed by atoms with van der Waals surface area (Å²) in [6.07, 6.45) is 0. The summed E-state index contributed by atoms with van der Waals surface area (Å²) < 4.78 is 0. The number of hydrogen-bond acceptors (Lipinski definition) is 4. The summed E-state index contributed by atoms with van der Waals surface area (Å²) in [5.74, 6) is -1.05. The van der Waals surface area contributed by atoms with Crippen LogP contribution in [0.1, 0.15) is 15.9 Å². The zero-order chi connectivity index (χ0) is 13.8. The van der Waals surface area contributed by atoms with Crippen LogP contribution in [0.15, 0.2) is 42.5 Å². The average Bonchev–Trinajstić information content (AvgIpc) is 2.41. The first kappa shape index (κ1) is 12.5. The molecule has 5 nitrogen and oxygen atoms in total. The number of nitrogens with zero attached hydrogens (tertiary/aromatic N) is 1. The molecule has 2 aromatic carbocycles. The molecule has 0 saturated heterocycles. The SMILES string of the molecule is N#Cc1ccc(Nc2c(N)cccc2C(=O)O)cc1. The van der Waals surface area contributed by atoms with Crippen LogP contribution in [0.4, 0.5) is 17.1 Å². The number of hydrogen-bond donors (Lipinski definition) is 3. The summed E-state index contributed by atoms with van der Waals surface area (Å²) >= 11 is 0. The molecule has 0 atom stereocenters. The Morgan fingerprint density at radius 1 is 1.21 bits per heavy atom. The molecule has 0 aliphatic rings. The van der Waals surface area contributed by atoms with Crippen molar-refractivity contribution in [3.8, 4) is 6.07 Å². The Bertz CT molecular complexity index is 657. The van der Waals surface area contributed by atoms with Crippen molar-refractivity contribution < 1.29 is 9.90 Å². The van der Waals surface area contributed by atoms with Gasteiger partial charge in [0.2, 0.25) is 0 Å². The number of nitriles is 1. The normalized spacial score (nSPS) is 9.63. The minimum atomic E-state index is -1.05. The Morgan fingerprint density at radius 3 is 2.47 bits per heavy atom. The smallest absolute Gasteiger partial charge is 0.337 e. The van der Waals surface area contributed by atoms with Crippen LogP contribution in [0.3, 0.4) is 0 Å². The Labute approximate surface area is 109 Å². The van der Waals surface area contributed by atoms with Gasteiger partial charge in [-0.1, -0.05) is 6.07 Å². The molecule has 0 fully saturated rings. The molecule has 0 aliphatic heterocycles. The molecule has 0 aliphatic carbocycles. The maximum atomic E-state index is 11.1. The van der Waals surface area contributed by atoms with Gasteiger partial charge in [-0.05, 0) is 36.4 Å². The average molecular weight is 253 g/mol. The fourth-order valence-electron chi connectivity index (χ4n) is 1.66. The quantitative estimate of drug-likeness (QED) is 0.730. The van der Waals surface area contributed by atoms with Crippen LogP contribution in [0, 0.1) is 11.3 Å². The molecule has 0 aromatic heterocycles. The molecule has 2 aromatic rings. The lowest BCUT2D eigenvalue weighted by atomic mass is 10.1. The predicted octanol–water partition coefficient (Wildman–Crippen LogP) is 2.58. The molecule has 4 N–H and O–H groups in total. The van der Waals surface area contributed by atoms with Crippen molar-refractivity contribution in [2.75, 3.05) is 11.1 Å². The summed E-state index contributed by atoms with van der Waals surface area (Å²) in [7, 11) is 0. The highest BCUT2D eigenvalue weighted by atomic mass is 16.4. The highest BCUT2D eigenvalue weighted by molar-refractivity contribution is 5.98. The number of rotatable bonds is 3. The monoisotopic (exact) mass is 253 g/mol. The van der Waals surface area contributed by atoms with Gasteiger partial charge in [-0.25, -0.2) is 4.79 Å². The maximum absolute atomic E-state index is 11.1. The molecule has 0 bridgehead atoms. The second-order valence-corrected chi connectivity index (χ2v) is 3.89. The van der Waals surface area contributed by atoms with E-state index in [-0.39, 0.29) is 5.56 Å². The molecule has 0 saturated carbocycles. The summed E-state index contributed by atoms with van der Waals surface area (Å²) in [6.45, 7) is 0. The van der Waals surface area contributed by atoms with Crippen LogP contribution in [-0.2, 0) is 0 Å². The number of nitrogen functional groups attached to an aromatic ring is 1. The Hall–Kier alpha value is -3.00. The highest BCUT2D eigenvalue weighted by Crippen LogP contribution is 2.27. The van der Waals surface area contributed by atoms with Gasteiger partial charge in [0.15, 0.2) is 0 Å². The van der Waals surface area contributed by atoms with E-state index in [1.54, 1.807) is 36.4 Å². The Balaban J connectivity index is 2.37. The first-order valence-electron chi connectivity index (χ1n) is 5.51. The van der Waals surface area contributed by atoms with Crippen LogP contribution in [0.2, 0.25) is 0 Å². The lowest BCUT2D eigenvalue weighted by Gasteiger charge is -2.12. The van der Waals surface area contributed by atoms with Crippen molar-refractivity contribution in [2.24, 2.45) is 0 Å². The van der Waals surface area contributed by atoms with Gasteiger partial charge in [-0.2, -0.15) is 5.26 Å². The van der Waals surface area contributed by atoms with Crippen LogP contribution in [0.5, 0.6) is 0 Å². The number of para-hydroxylation sites is 1. The van der Waals surface area contributed by atoms with E-state index in [1.807, 2.05) is 6.07 Å². The zero-order valence-corrected chi connectivity index (χ0v) is 9.92. The van der Waals surface area contributed by atoms with Crippen molar-refractivity contribution in [3.05, 3.63) is 53.6 Å². The molecular formula is C14H11N3O2. The van der Waals surface area contributed by atoms with Crippen molar-refractivity contribution in [1.29, 1.82) is 5.26 Å². The second kappa shape index (κ2) is 5.10. The number of nitrogens with one attached hydrogen (secondary N) is 1. The van der Waals surface area contributed by atoms with E-state index in [1.165, 1.54) is 6.07 Å². The van der Waals surface area contributed by atoms with E-state index < -0.39 is 5.97 Å². The van der Waals surface area contributed by atoms with Gasteiger partial charge in [-0.15, -0.1) is 0 Å². The zero-order valence-electron chi connectivity index (χ0n) is 9.92. The van der Waals surface area contributed by atoms with Gasteiger partial charge in [0.05, 0.1) is 28.6 Å². The third-order valence-corrected chi connectivity index (χ3v) is 2.61. The number of carbonyl (C=O) groups is 1. The standard InChI is InChI=1S/C14H11N3O2/c15-8-9-4-6-10(7-5-9)17-13-11(14(18)19)2-1-3-12(13)16/h1-7,17H,16H2,(H,18,19). The molecule has 2 rings (SSSR count). The van der Waals surface area contributed by atoms with Gasteiger partial charge in [0, 0.05) is 5.69 Å². The molecule has 0 amide bonds. The predicted molar refractivity (Wildman–Crippen MR) is 72.3 cm³/mol. The first-order valence-corrected chi connectivity index (χ1v) is 5.51. The fraction of sp³-hybridized carbons (Fsp3) is 0. The van der Waals surface area contributed by atoms with E-state index in [9.17, 15) is 4.79 Å². The Morgan fingerprint density at radius 2 is 1.89 bits per heavy atom. The summed E-state index contributed by atoms with van der Waals surface area (Å²) in [4.78, 5) is 11.1. The highest BCUT2D eigenvalue weighted by Gasteiger charge is 2.12. The third-order valence-electron chi connectivity index (χ3n) is 2.61. The lowest BCUT2D eigenvalue weighted by molar-refractivity contribution is 0.0698. The van der Waals surface area contributed by atoms with Crippen LogP contribution in [-0.4, -0.2) is 11.1 Å². The van der Waals surface area contributed by atoms with E-state index in [2.05, 4.69) is 5.32 Å². The molecule has 19 heavy (non-hydrogen) atoms. The Kier molecular flexibility index (Phi) is 3.35. The van der Waals surface area contributed by atoms with Crippen LogP contribution < -0.4 is 11.1 Å². The van der Waals surface area contributed by atoms with E-state index in [4.69, 9.17) is 16.1 Å². The van der Waals surface area contributed by atoms with Gasteiger partial charge >= 0.3 is 5.97 Å². The molecule has 0 heterocycles. The molecule has 0 radical (unpaired) electrons. The molecule has 0 unspecified atom stereocenters. The lowest BCUT2D eigenvalue weighted by Crippen LogP contribution is -2.05. The number of carboxylic acids is 1. The number of anilines is 3. The maximum Gasteiger partial charge on any atom is 0.337 e. The van der Waals surface area contributed by atoms with Gasteiger partial charge < -0.3 is 16.2 Å². The molecular weight excluding hydrogens is 242 g/mol. The van der Waals surface area contributed by atoms with Crippen molar-refractivity contribution in [2.45, 2.75) is 0 Å². The topological polar surface area (TPSA) is 99.1 Å². The van der Waals surface area contributed by atoms with E-state index in [0.717, 1.165) is 0 Å². The molecule has 0 spiro atoms. The van der Waals surface area contributed by atoms with Crippen molar-refractivity contribution in [3.63, 3.8) is 0 Å². The minimum absolute atomic E-state index is 0.101. The summed E-state index contributed by atoms with van der Waals surface area (Å²) in [6, 6.07) is 13.4.